The first-order valence-electron chi connectivity index (χ1n) is 10.6. The fourth-order valence-corrected chi connectivity index (χ4v) is 4.13. The third-order valence-corrected chi connectivity index (χ3v) is 5.66. The Morgan fingerprint density at radius 3 is 2.69 bits per heavy atom. The number of nitrogens with zero attached hydrogens (tertiary/aromatic N) is 1. The lowest BCUT2D eigenvalue weighted by atomic mass is 10.1. The van der Waals surface area contributed by atoms with Gasteiger partial charge < -0.3 is 15.0 Å². The summed E-state index contributed by atoms with van der Waals surface area (Å²) in [5.74, 6) is 1.02. The third kappa shape index (κ3) is 5.17. The largest absolute Gasteiger partial charge is 0.490 e. The van der Waals surface area contributed by atoms with Crippen LogP contribution in [0.15, 0.2) is 48.5 Å². The number of aryl methyl sites for hydroxylation is 1. The van der Waals surface area contributed by atoms with Crippen molar-refractivity contribution in [1.82, 2.24) is 0 Å². The molecule has 2 fully saturated rings. The van der Waals surface area contributed by atoms with Gasteiger partial charge in [0, 0.05) is 30.8 Å². The van der Waals surface area contributed by atoms with Gasteiger partial charge in [-0.05, 0) is 74.4 Å². The Labute approximate surface area is 172 Å². The van der Waals surface area contributed by atoms with E-state index in [4.69, 9.17) is 4.74 Å². The van der Waals surface area contributed by atoms with E-state index in [0.717, 1.165) is 48.5 Å². The topological polar surface area (TPSA) is 58.6 Å². The average molecular weight is 392 g/mol. The van der Waals surface area contributed by atoms with Gasteiger partial charge in [0.25, 0.3) is 0 Å². The van der Waals surface area contributed by atoms with E-state index in [9.17, 15) is 9.59 Å². The Bertz CT molecular complexity index is 874. The first-order chi connectivity index (χ1) is 14.2. The summed E-state index contributed by atoms with van der Waals surface area (Å²) in [5.41, 5.74) is 2.68. The van der Waals surface area contributed by atoms with E-state index in [1.807, 2.05) is 48.5 Å². The predicted molar refractivity (Wildman–Crippen MR) is 114 cm³/mol. The minimum Gasteiger partial charge on any atom is -0.490 e. The number of hydrogen-bond donors (Lipinski definition) is 1. The number of carbonyl (C=O) groups is 2. The average Bonchev–Trinajstić information content (AvgIpc) is 3.38. The molecule has 0 unspecified atom stereocenters. The normalized spacial score (nSPS) is 17.0. The van der Waals surface area contributed by atoms with Crippen molar-refractivity contribution >= 4 is 23.2 Å². The summed E-state index contributed by atoms with van der Waals surface area (Å²) in [5, 5.41) is 2.96. The molecule has 2 aromatic rings. The fourth-order valence-electron chi connectivity index (χ4n) is 4.13. The number of anilines is 2. The fraction of sp³-hybridized carbons (Fsp3) is 0.417. The molecule has 29 heavy (non-hydrogen) atoms. The molecule has 0 spiro atoms. The smallest absolute Gasteiger partial charge is 0.227 e. The van der Waals surface area contributed by atoms with Crippen molar-refractivity contribution in [3.05, 3.63) is 54.1 Å². The van der Waals surface area contributed by atoms with Crippen LogP contribution in [0, 0.1) is 0 Å². The molecule has 5 nitrogen and oxygen atoms in total. The van der Waals surface area contributed by atoms with Crippen molar-refractivity contribution in [2.24, 2.45) is 0 Å². The molecule has 2 aliphatic rings. The maximum atomic E-state index is 12.4. The lowest BCUT2D eigenvalue weighted by molar-refractivity contribution is -0.117. The number of benzene rings is 2. The molecule has 0 aromatic heterocycles. The molecule has 1 heterocycles. The molecule has 152 valence electrons. The van der Waals surface area contributed by atoms with E-state index >= 15 is 0 Å². The Kier molecular flexibility index (Phi) is 6.13. The Hall–Kier alpha value is -2.82. The molecule has 2 amide bonds. The SMILES string of the molecule is O=C(CCc1cccc(OC2CCCC2)c1)Nc1cccc(N2CCCC2=O)c1. The second-order valence-electron chi connectivity index (χ2n) is 7.92. The van der Waals surface area contributed by atoms with Gasteiger partial charge in [0.05, 0.1) is 6.10 Å². The summed E-state index contributed by atoms with van der Waals surface area (Å²) in [7, 11) is 0. The van der Waals surface area contributed by atoms with E-state index in [0.29, 0.717) is 25.4 Å². The molecule has 1 aliphatic carbocycles. The van der Waals surface area contributed by atoms with Gasteiger partial charge >= 0.3 is 0 Å². The summed E-state index contributed by atoms with van der Waals surface area (Å²) in [4.78, 5) is 26.1. The van der Waals surface area contributed by atoms with Crippen molar-refractivity contribution in [3.8, 4) is 5.75 Å². The maximum Gasteiger partial charge on any atom is 0.227 e. The first kappa shape index (κ1) is 19.5. The van der Waals surface area contributed by atoms with Crippen LogP contribution >= 0.6 is 0 Å². The van der Waals surface area contributed by atoms with Crippen LogP contribution in [-0.4, -0.2) is 24.5 Å². The highest BCUT2D eigenvalue weighted by molar-refractivity contribution is 5.97. The molecular weight excluding hydrogens is 364 g/mol. The van der Waals surface area contributed by atoms with Gasteiger partial charge in [0.1, 0.15) is 5.75 Å². The quantitative estimate of drug-likeness (QED) is 0.743. The van der Waals surface area contributed by atoms with Gasteiger partial charge in [-0.1, -0.05) is 18.2 Å². The molecule has 2 aromatic carbocycles. The minimum absolute atomic E-state index is 0.0305. The van der Waals surface area contributed by atoms with Gasteiger partial charge in [0.2, 0.25) is 11.8 Å². The van der Waals surface area contributed by atoms with Crippen molar-refractivity contribution in [3.63, 3.8) is 0 Å². The van der Waals surface area contributed by atoms with Crippen LogP contribution < -0.4 is 15.0 Å². The lowest BCUT2D eigenvalue weighted by Crippen LogP contribution is -2.23. The van der Waals surface area contributed by atoms with Crippen LogP contribution in [0.4, 0.5) is 11.4 Å². The number of hydrogen-bond acceptors (Lipinski definition) is 3. The van der Waals surface area contributed by atoms with E-state index in [-0.39, 0.29) is 11.8 Å². The number of amides is 2. The summed E-state index contributed by atoms with van der Waals surface area (Å²) in [6, 6.07) is 15.6. The van der Waals surface area contributed by atoms with Crippen molar-refractivity contribution in [1.29, 1.82) is 0 Å². The molecule has 1 aliphatic heterocycles. The van der Waals surface area contributed by atoms with Crippen molar-refractivity contribution in [2.75, 3.05) is 16.8 Å². The molecule has 0 bridgehead atoms. The van der Waals surface area contributed by atoms with Crippen molar-refractivity contribution in [2.45, 2.75) is 57.5 Å². The van der Waals surface area contributed by atoms with E-state index in [2.05, 4.69) is 5.32 Å². The number of rotatable bonds is 7. The first-order valence-corrected chi connectivity index (χ1v) is 10.6. The number of carbonyl (C=O) groups excluding carboxylic acids is 2. The van der Waals surface area contributed by atoms with E-state index in [1.54, 1.807) is 4.90 Å². The monoisotopic (exact) mass is 392 g/mol. The Morgan fingerprint density at radius 1 is 1.07 bits per heavy atom. The van der Waals surface area contributed by atoms with Crippen LogP contribution in [0.25, 0.3) is 0 Å². The zero-order chi connectivity index (χ0) is 20.1. The summed E-state index contributed by atoms with van der Waals surface area (Å²) in [6.07, 6.45) is 7.65. The molecule has 1 saturated carbocycles. The van der Waals surface area contributed by atoms with Gasteiger partial charge in [-0.15, -0.1) is 0 Å². The predicted octanol–water partition coefficient (Wildman–Crippen LogP) is 4.71. The second-order valence-corrected chi connectivity index (χ2v) is 7.92. The molecule has 5 heteroatoms. The molecule has 4 rings (SSSR count). The van der Waals surface area contributed by atoms with Gasteiger partial charge in [-0.25, -0.2) is 0 Å². The molecule has 0 radical (unpaired) electrons. The Balaban J connectivity index is 1.30. The lowest BCUT2D eigenvalue weighted by Gasteiger charge is -2.17. The molecule has 1 N–H and O–H groups in total. The van der Waals surface area contributed by atoms with Gasteiger partial charge in [-0.3, -0.25) is 9.59 Å². The highest BCUT2D eigenvalue weighted by atomic mass is 16.5. The van der Waals surface area contributed by atoms with E-state index in [1.165, 1.54) is 12.8 Å². The Morgan fingerprint density at radius 2 is 1.90 bits per heavy atom. The summed E-state index contributed by atoms with van der Waals surface area (Å²) >= 11 is 0. The van der Waals surface area contributed by atoms with Gasteiger partial charge in [0.15, 0.2) is 0 Å². The highest BCUT2D eigenvalue weighted by Crippen LogP contribution is 2.26. The standard InChI is InChI=1S/C24H28N2O3/c27-23(25-19-7-4-8-20(17-19)26-15-5-12-24(26)28)14-13-18-6-3-11-22(16-18)29-21-9-1-2-10-21/h3-4,6-8,11,16-17,21H,1-2,5,9-10,12-15H2,(H,25,27). The third-order valence-electron chi connectivity index (χ3n) is 5.66. The van der Waals surface area contributed by atoms with Crippen LogP contribution in [0.5, 0.6) is 5.75 Å². The molecule has 0 atom stereocenters. The summed E-state index contributed by atoms with van der Waals surface area (Å²) in [6.45, 7) is 0.746. The van der Waals surface area contributed by atoms with Gasteiger partial charge in [-0.2, -0.15) is 0 Å². The minimum atomic E-state index is -0.0305. The number of ether oxygens (including phenoxy) is 1. The van der Waals surface area contributed by atoms with Crippen LogP contribution in [0.3, 0.4) is 0 Å². The van der Waals surface area contributed by atoms with Crippen LogP contribution in [0.1, 0.15) is 50.5 Å². The molecular formula is C24H28N2O3. The number of nitrogens with one attached hydrogen (secondary N) is 1. The highest BCUT2D eigenvalue weighted by Gasteiger charge is 2.21. The summed E-state index contributed by atoms with van der Waals surface area (Å²) < 4.78 is 6.06. The van der Waals surface area contributed by atoms with Crippen molar-refractivity contribution < 1.29 is 14.3 Å². The van der Waals surface area contributed by atoms with E-state index < -0.39 is 0 Å². The zero-order valence-corrected chi connectivity index (χ0v) is 16.7. The zero-order valence-electron chi connectivity index (χ0n) is 16.7. The molecule has 1 saturated heterocycles. The van der Waals surface area contributed by atoms with Crippen LogP contribution in [0.2, 0.25) is 0 Å². The van der Waals surface area contributed by atoms with Crippen LogP contribution in [-0.2, 0) is 16.0 Å². The maximum absolute atomic E-state index is 12.4. The second kappa shape index (κ2) is 9.12.